The number of hydrogen-bond donors (Lipinski definition) is 3. The number of carboxylic acids is 1. The summed E-state index contributed by atoms with van der Waals surface area (Å²) in [5.74, 6) is -1.51. The molecule has 5 nitrogen and oxygen atoms in total. The zero-order valence-electron chi connectivity index (χ0n) is 19.3. The van der Waals surface area contributed by atoms with Crippen molar-refractivity contribution in [3.63, 3.8) is 0 Å². The Morgan fingerprint density at radius 1 is 0.889 bits per heavy atom. The molecule has 0 fully saturated rings. The average Bonchev–Trinajstić information content (AvgIpc) is 2.62. The zero-order chi connectivity index (χ0) is 19.5. The summed E-state index contributed by atoms with van der Waals surface area (Å²) in [5, 5.41) is 19.9. The molecule has 0 rings (SSSR count). The number of allylic oxidation sites excluding steroid dienone is 2. The number of aliphatic hydroxyl groups is 1. The summed E-state index contributed by atoms with van der Waals surface area (Å²) in [6.45, 7) is 1.67. The quantitative estimate of drug-likeness (QED) is 0.182. The predicted molar refractivity (Wildman–Crippen MR) is 114 cm³/mol. The molecule has 0 aromatic heterocycles. The Hall–Kier alpha value is -0.594. The van der Waals surface area contributed by atoms with Gasteiger partial charge in [0, 0.05) is 6.42 Å². The maximum atomic E-state index is 11.6. The first-order valence-electron chi connectivity index (χ1n) is 10.4. The van der Waals surface area contributed by atoms with E-state index in [1.807, 2.05) is 0 Å². The normalized spacial score (nSPS) is 11.9. The second-order valence-electron chi connectivity index (χ2n) is 6.98. The van der Waals surface area contributed by atoms with Crippen LogP contribution in [-0.2, 0) is 9.59 Å². The van der Waals surface area contributed by atoms with Gasteiger partial charge in [0.25, 0.3) is 0 Å². The first-order chi connectivity index (χ1) is 12.6. The van der Waals surface area contributed by atoms with Gasteiger partial charge in [-0.25, -0.2) is 4.79 Å². The third kappa shape index (κ3) is 20.0. The van der Waals surface area contributed by atoms with E-state index in [0.717, 1.165) is 32.1 Å². The van der Waals surface area contributed by atoms with Crippen LogP contribution >= 0.6 is 0 Å². The summed E-state index contributed by atoms with van der Waals surface area (Å²) in [6.07, 6.45) is 20.5. The molecule has 0 aliphatic carbocycles. The smallest absolute Gasteiger partial charge is 1.00 e. The first kappa shape index (κ1) is 28.6. The molecule has 156 valence electrons. The third-order valence-electron chi connectivity index (χ3n) is 4.48. The number of hydrogen-bond acceptors (Lipinski definition) is 3. The second-order valence-corrected chi connectivity index (χ2v) is 6.98. The minimum Gasteiger partial charge on any atom is -1.00 e. The number of carboxylic acid groups (broad SMARTS) is 1. The van der Waals surface area contributed by atoms with Crippen LogP contribution in [0.3, 0.4) is 0 Å². The number of rotatable bonds is 18. The van der Waals surface area contributed by atoms with E-state index >= 15 is 0 Å². The fourth-order valence-corrected chi connectivity index (χ4v) is 2.81. The first-order valence-corrected chi connectivity index (χ1v) is 10.4. The number of aliphatic hydroxyl groups excluding tert-OH is 1. The molecule has 27 heavy (non-hydrogen) atoms. The van der Waals surface area contributed by atoms with Gasteiger partial charge in [-0.1, -0.05) is 70.4 Å². The maximum Gasteiger partial charge on any atom is 2.00 e. The van der Waals surface area contributed by atoms with Gasteiger partial charge in [0.1, 0.15) is 6.04 Å². The molecule has 0 spiro atoms. The Morgan fingerprint density at radius 3 is 1.85 bits per heavy atom. The predicted octanol–water partition coefficient (Wildman–Crippen LogP) is 4.43. The van der Waals surface area contributed by atoms with Crippen LogP contribution in [0, 0.1) is 0 Å². The number of amides is 1. The van der Waals surface area contributed by atoms with Crippen molar-refractivity contribution in [3.8, 4) is 0 Å². The van der Waals surface area contributed by atoms with E-state index in [1.54, 1.807) is 0 Å². The molecule has 6 heteroatoms. The zero-order valence-corrected chi connectivity index (χ0v) is 18.7. The fourth-order valence-electron chi connectivity index (χ4n) is 2.81. The molecule has 0 aliphatic heterocycles. The van der Waals surface area contributed by atoms with Crippen LogP contribution < -0.4 is 5.32 Å². The largest absolute Gasteiger partial charge is 2.00 e. The van der Waals surface area contributed by atoms with Crippen molar-refractivity contribution in [2.24, 2.45) is 0 Å². The average molecular weight is 396 g/mol. The Morgan fingerprint density at radius 2 is 1.37 bits per heavy atom. The molecule has 1 amide bonds. The summed E-state index contributed by atoms with van der Waals surface area (Å²) in [4.78, 5) is 22.3. The molecule has 0 saturated carbocycles. The SMILES string of the molecule is CCCCCCCC/C=C\CCCCCCCC(=O)NC(CO)C(=O)O.[H-].[H-].[Mg+2]. The van der Waals surface area contributed by atoms with E-state index in [1.165, 1.54) is 51.4 Å². The van der Waals surface area contributed by atoms with Gasteiger partial charge < -0.3 is 18.4 Å². The fraction of sp³-hybridized carbons (Fsp3) is 0.810. The van der Waals surface area contributed by atoms with E-state index in [0.29, 0.717) is 6.42 Å². The standard InChI is InChI=1S/C21H39NO4.Mg.2H/c1-2-3-4-5-6-7-8-9-10-11-12-13-14-15-16-17-20(24)22-19(18-23)21(25)26;;;/h9-10,19,23H,2-8,11-18H2,1H3,(H,22,24)(H,25,26);;;/q;+2;2*-1/b10-9-;;;. The molecular weight excluding hydrogens is 355 g/mol. The second kappa shape index (κ2) is 21.7. The van der Waals surface area contributed by atoms with Gasteiger partial charge >= 0.3 is 29.0 Å². The van der Waals surface area contributed by atoms with E-state index < -0.39 is 18.6 Å². The van der Waals surface area contributed by atoms with Gasteiger partial charge in [0.05, 0.1) is 6.61 Å². The van der Waals surface area contributed by atoms with Gasteiger partial charge in [-0.05, 0) is 32.1 Å². The molecule has 0 heterocycles. The summed E-state index contributed by atoms with van der Waals surface area (Å²) < 4.78 is 0. The van der Waals surface area contributed by atoms with Crippen molar-refractivity contribution in [1.29, 1.82) is 0 Å². The van der Waals surface area contributed by atoms with Crippen molar-refractivity contribution < 1.29 is 22.7 Å². The summed E-state index contributed by atoms with van der Waals surface area (Å²) >= 11 is 0. The molecule has 0 aliphatic rings. The van der Waals surface area contributed by atoms with Crippen molar-refractivity contribution in [2.45, 2.75) is 103 Å². The molecular formula is C21H41MgNO4. The summed E-state index contributed by atoms with van der Waals surface area (Å²) in [5.41, 5.74) is 0. The van der Waals surface area contributed by atoms with Crippen LogP contribution in [0.25, 0.3) is 0 Å². The molecule has 3 N–H and O–H groups in total. The van der Waals surface area contributed by atoms with Crippen molar-refractivity contribution >= 4 is 34.9 Å². The van der Waals surface area contributed by atoms with Gasteiger partial charge in [-0.15, -0.1) is 0 Å². The minimum atomic E-state index is -1.20. The number of carbonyl (C=O) groups excluding carboxylic acids is 1. The Kier molecular flexibility index (Phi) is 23.0. The van der Waals surface area contributed by atoms with Crippen LogP contribution in [0.2, 0.25) is 0 Å². The Bertz CT molecular complexity index is 399. The van der Waals surface area contributed by atoms with Gasteiger partial charge in [0.2, 0.25) is 5.91 Å². The van der Waals surface area contributed by atoms with Crippen LogP contribution in [0.5, 0.6) is 0 Å². The van der Waals surface area contributed by atoms with Crippen molar-refractivity contribution in [3.05, 3.63) is 12.2 Å². The van der Waals surface area contributed by atoms with Crippen LogP contribution in [0.4, 0.5) is 0 Å². The minimum absolute atomic E-state index is 0. The monoisotopic (exact) mass is 395 g/mol. The van der Waals surface area contributed by atoms with Crippen LogP contribution in [-0.4, -0.2) is 57.8 Å². The number of unbranched alkanes of at least 4 members (excludes halogenated alkanes) is 11. The van der Waals surface area contributed by atoms with Crippen LogP contribution in [0.1, 0.15) is 99.7 Å². The summed E-state index contributed by atoms with van der Waals surface area (Å²) in [7, 11) is 0. The van der Waals surface area contributed by atoms with E-state index in [4.69, 9.17) is 10.2 Å². The van der Waals surface area contributed by atoms with E-state index in [2.05, 4.69) is 24.4 Å². The molecule has 1 unspecified atom stereocenters. The topological polar surface area (TPSA) is 86.6 Å². The molecule has 0 saturated heterocycles. The summed E-state index contributed by atoms with van der Waals surface area (Å²) in [6, 6.07) is -1.19. The Balaban J connectivity index is -0.00000104. The molecule has 0 aromatic carbocycles. The van der Waals surface area contributed by atoms with Gasteiger partial charge in [-0.3, -0.25) is 4.79 Å². The van der Waals surface area contributed by atoms with Crippen LogP contribution in [0.15, 0.2) is 12.2 Å². The molecule has 0 bridgehead atoms. The number of nitrogens with one attached hydrogen (secondary N) is 1. The Labute approximate surface area is 184 Å². The molecule has 0 aromatic rings. The maximum absolute atomic E-state index is 11.6. The van der Waals surface area contributed by atoms with E-state index in [9.17, 15) is 9.59 Å². The molecule has 1 atom stereocenters. The van der Waals surface area contributed by atoms with Gasteiger partial charge in [0.15, 0.2) is 0 Å². The van der Waals surface area contributed by atoms with Crippen molar-refractivity contribution in [1.82, 2.24) is 5.32 Å². The molecule has 0 radical (unpaired) electrons. The number of carbonyl (C=O) groups is 2. The van der Waals surface area contributed by atoms with Gasteiger partial charge in [-0.2, -0.15) is 0 Å². The third-order valence-corrected chi connectivity index (χ3v) is 4.48. The van der Waals surface area contributed by atoms with E-state index in [-0.39, 0.29) is 31.8 Å². The van der Waals surface area contributed by atoms with Crippen molar-refractivity contribution in [2.75, 3.05) is 6.61 Å². The number of aliphatic carboxylic acids is 1.